The summed E-state index contributed by atoms with van der Waals surface area (Å²) in [5.74, 6) is 0.362. The third-order valence-corrected chi connectivity index (χ3v) is 7.04. The van der Waals surface area contributed by atoms with Crippen LogP contribution in [0.4, 0.5) is 5.82 Å². The Morgan fingerprint density at radius 1 is 1.45 bits per heavy atom. The van der Waals surface area contributed by atoms with Crippen molar-refractivity contribution in [1.82, 2.24) is 9.29 Å². The molecule has 0 spiro atoms. The second-order valence-corrected chi connectivity index (χ2v) is 8.93. The van der Waals surface area contributed by atoms with Gasteiger partial charge in [-0.2, -0.15) is 4.31 Å². The first-order valence-electron chi connectivity index (χ1n) is 6.08. The van der Waals surface area contributed by atoms with E-state index in [9.17, 15) is 16.8 Å². The lowest BCUT2D eigenvalue weighted by Crippen LogP contribution is -2.37. The highest BCUT2D eigenvalue weighted by molar-refractivity contribution is 7.92. The molecule has 1 unspecified atom stereocenters. The molecule has 1 aliphatic heterocycles. The summed E-state index contributed by atoms with van der Waals surface area (Å²) >= 11 is 0. The van der Waals surface area contributed by atoms with E-state index in [4.69, 9.17) is 0 Å². The average Bonchev–Trinajstić information content (AvgIpc) is 2.78. The van der Waals surface area contributed by atoms with Crippen LogP contribution >= 0.6 is 0 Å². The van der Waals surface area contributed by atoms with Crippen molar-refractivity contribution in [2.24, 2.45) is 0 Å². The van der Waals surface area contributed by atoms with E-state index in [-0.39, 0.29) is 16.4 Å². The zero-order valence-corrected chi connectivity index (χ0v) is 12.9. The van der Waals surface area contributed by atoms with Crippen LogP contribution in [-0.4, -0.2) is 57.8 Å². The SMILES string of the molecule is CNc1cc(S(=O)(=O)N(C)C2CCS(=O)(=O)C2)ccn1. The maximum atomic E-state index is 12.5. The summed E-state index contributed by atoms with van der Waals surface area (Å²) in [7, 11) is -3.78. The highest BCUT2D eigenvalue weighted by Crippen LogP contribution is 2.24. The van der Waals surface area contributed by atoms with Gasteiger partial charge in [0.1, 0.15) is 5.82 Å². The molecular weight excluding hydrogens is 302 g/mol. The summed E-state index contributed by atoms with van der Waals surface area (Å²) in [6.45, 7) is 0. The Bertz CT molecular complexity index is 700. The van der Waals surface area contributed by atoms with Gasteiger partial charge in [-0.05, 0) is 12.5 Å². The van der Waals surface area contributed by atoms with Crippen LogP contribution in [0, 0.1) is 0 Å². The number of pyridine rings is 1. The van der Waals surface area contributed by atoms with E-state index in [2.05, 4.69) is 10.3 Å². The Morgan fingerprint density at radius 3 is 2.70 bits per heavy atom. The first kappa shape index (κ1) is 15.2. The molecule has 1 atom stereocenters. The molecule has 0 saturated carbocycles. The van der Waals surface area contributed by atoms with Gasteiger partial charge in [-0.25, -0.2) is 21.8 Å². The van der Waals surface area contributed by atoms with Crippen molar-refractivity contribution in [3.8, 4) is 0 Å². The number of sulfonamides is 1. The number of sulfone groups is 1. The number of nitrogens with zero attached hydrogens (tertiary/aromatic N) is 2. The molecule has 9 heteroatoms. The first-order valence-corrected chi connectivity index (χ1v) is 9.35. The molecule has 1 aliphatic rings. The van der Waals surface area contributed by atoms with E-state index in [1.54, 1.807) is 7.05 Å². The maximum Gasteiger partial charge on any atom is 0.243 e. The van der Waals surface area contributed by atoms with Crippen LogP contribution in [0.2, 0.25) is 0 Å². The van der Waals surface area contributed by atoms with Crippen LogP contribution in [0.25, 0.3) is 0 Å². The molecule has 2 rings (SSSR count). The molecule has 1 saturated heterocycles. The fourth-order valence-electron chi connectivity index (χ4n) is 2.13. The molecule has 0 amide bonds. The molecule has 7 nitrogen and oxygen atoms in total. The second-order valence-electron chi connectivity index (χ2n) is 4.70. The van der Waals surface area contributed by atoms with Gasteiger partial charge in [0.05, 0.1) is 16.4 Å². The summed E-state index contributed by atoms with van der Waals surface area (Å²) in [5.41, 5.74) is 0. The van der Waals surface area contributed by atoms with Gasteiger partial charge in [0.2, 0.25) is 10.0 Å². The number of rotatable bonds is 4. The predicted molar refractivity (Wildman–Crippen MR) is 75.8 cm³/mol. The molecule has 1 aromatic rings. The standard InChI is InChI=1S/C11H17N3O4S2/c1-12-11-7-10(3-5-13-11)20(17,18)14(2)9-4-6-19(15,16)8-9/h3,5,7,9H,4,6,8H2,1-2H3,(H,12,13). The first-order chi connectivity index (χ1) is 9.26. The smallest absolute Gasteiger partial charge is 0.243 e. The summed E-state index contributed by atoms with van der Waals surface area (Å²) in [6, 6.07) is 2.32. The van der Waals surface area contributed by atoms with E-state index in [1.807, 2.05) is 0 Å². The molecular formula is C11H17N3O4S2. The van der Waals surface area contributed by atoms with E-state index >= 15 is 0 Å². The number of aromatic nitrogens is 1. The van der Waals surface area contributed by atoms with Crippen molar-refractivity contribution in [1.29, 1.82) is 0 Å². The van der Waals surface area contributed by atoms with Gasteiger partial charge in [-0.3, -0.25) is 0 Å². The average molecular weight is 319 g/mol. The molecule has 20 heavy (non-hydrogen) atoms. The summed E-state index contributed by atoms with van der Waals surface area (Å²) < 4.78 is 49.0. The quantitative estimate of drug-likeness (QED) is 0.834. The predicted octanol–water partition coefficient (Wildman–Crippen LogP) is -0.0691. The third-order valence-electron chi connectivity index (χ3n) is 3.39. The van der Waals surface area contributed by atoms with Crippen LogP contribution in [0.5, 0.6) is 0 Å². The minimum Gasteiger partial charge on any atom is -0.373 e. The number of hydrogen-bond donors (Lipinski definition) is 1. The summed E-state index contributed by atoms with van der Waals surface area (Å²) in [6.07, 6.45) is 1.74. The largest absolute Gasteiger partial charge is 0.373 e. The third kappa shape index (κ3) is 2.94. The minimum atomic E-state index is -3.72. The summed E-state index contributed by atoms with van der Waals surface area (Å²) in [5, 5.41) is 2.77. The Kier molecular flexibility index (Phi) is 4.03. The van der Waals surface area contributed by atoms with Gasteiger partial charge in [0.25, 0.3) is 0 Å². The second kappa shape index (κ2) is 5.30. The van der Waals surface area contributed by atoms with Crippen LogP contribution in [-0.2, 0) is 19.9 Å². The van der Waals surface area contributed by atoms with Crippen LogP contribution in [0.15, 0.2) is 23.2 Å². The minimum absolute atomic E-state index is 0.0373. The lowest BCUT2D eigenvalue weighted by molar-refractivity contribution is 0.394. The molecule has 1 aromatic heterocycles. The molecule has 0 bridgehead atoms. The summed E-state index contributed by atoms with van der Waals surface area (Å²) in [4.78, 5) is 4.06. The Labute approximate surface area is 119 Å². The van der Waals surface area contributed by atoms with Gasteiger partial charge in [-0.1, -0.05) is 0 Å². The van der Waals surface area contributed by atoms with Crippen molar-refractivity contribution in [3.05, 3.63) is 18.3 Å². The van der Waals surface area contributed by atoms with Gasteiger partial charge in [0, 0.05) is 32.4 Å². The molecule has 1 N–H and O–H groups in total. The Hall–Kier alpha value is -1.19. The van der Waals surface area contributed by atoms with Crippen LogP contribution in [0.1, 0.15) is 6.42 Å². The molecule has 1 fully saturated rings. The monoisotopic (exact) mass is 319 g/mol. The lowest BCUT2D eigenvalue weighted by atomic mass is 10.3. The van der Waals surface area contributed by atoms with Crippen LogP contribution in [0.3, 0.4) is 0 Å². The fraction of sp³-hybridized carbons (Fsp3) is 0.545. The van der Waals surface area contributed by atoms with Gasteiger partial charge < -0.3 is 5.32 Å². The van der Waals surface area contributed by atoms with Crippen molar-refractivity contribution in [2.45, 2.75) is 17.4 Å². The van der Waals surface area contributed by atoms with E-state index < -0.39 is 25.9 Å². The molecule has 112 valence electrons. The Morgan fingerprint density at radius 2 is 2.15 bits per heavy atom. The highest BCUT2D eigenvalue weighted by Gasteiger charge is 2.36. The number of anilines is 1. The molecule has 2 heterocycles. The topological polar surface area (TPSA) is 96.4 Å². The van der Waals surface area contributed by atoms with Gasteiger partial charge >= 0.3 is 0 Å². The van der Waals surface area contributed by atoms with Gasteiger partial charge in [0.15, 0.2) is 9.84 Å². The molecule has 0 aromatic carbocycles. The van der Waals surface area contributed by atoms with E-state index in [0.29, 0.717) is 12.2 Å². The lowest BCUT2D eigenvalue weighted by Gasteiger charge is -2.22. The normalized spacial score (nSPS) is 22.1. The van der Waals surface area contributed by atoms with Crippen LogP contribution < -0.4 is 5.32 Å². The van der Waals surface area contributed by atoms with Crippen molar-refractivity contribution >= 4 is 25.7 Å². The van der Waals surface area contributed by atoms with E-state index in [0.717, 1.165) is 4.31 Å². The maximum absolute atomic E-state index is 12.5. The van der Waals surface area contributed by atoms with Crippen molar-refractivity contribution < 1.29 is 16.8 Å². The number of nitrogens with one attached hydrogen (secondary N) is 1. The molecule has 0 radical (unpaired) electrons. The fourth-order valence-corrected chi connectivity index (χ4v) is 5.40. The number of hydrogen-bond acceptors (Lipinski definition) is 6. The highest BCUT2D eigenvalue weighted by atomic mass is 32.2. The van der Waals surface area contributed by atoms with Crippen molar-refractivity contribution in [2.75, 3.05) is 30.9 Å². The van der Waals surface area contributed by atoms with E-state index in [1.165, 1.54) is 25.4 Å². The zero-order valence-electron chi connectivity index (χ0n) is 11.3. The molecule has 0 aliphatic carbocycles. The zero-order chi connectivity index (χ0) is 15.0. The Balaban J connectivity index is 2.30. The van der Waals surface area contributed by atoms with Crippen molar-refractivity contribution in [3.63, 3.8) is 0 Å². The van der Waals surface area contributed by atoms with Gasteiger partial charge in [-0.15, -0.1) is 0 Å².